The fourth-order valence-corrected chi connectivity index (χ4v) is 3.12. The Balaban J connectivity index is 1.55. The molecule has 0 aliphatic carbocycles. The van der Waals surface area contributed by atoms with E-state index in [1.54, 1.807) is 0 Å². The number of carbonyl (C=O) groups is 1. The van der Waals surface area contributed by atoms with Gasteiger partial charge in [0, 0.05) is 11.9 Å². The quantitative estimate of drug-likeness (QED) is 0.687. The van der Waals surface area contributed by atoms with E-state index in [1.165, 1.54) is 0 Å². The third-order valence-corrected chi connectivity index (χ3v) is 4.49. The lowest BCUT2D eigenvalue weighted by molar-refractivity contribution is 0.0939. The molecule has 2 N–H and O–H groups in total. The number of hydrogen-bond acceptors (Lipinski definition) is 6. The minimum absolute atomic E-state index is 0.190. The number of rotatable bonds is 7. The Morgan fingerprint density at radius 1 is 1.42 bits per heavy atom. The third-order valence-electron chi connectivity index (χ3n) is 3.73. The molecule has 3 rings (SSSR count). The number of aromatic nitrogens is 2. The third kappa shape index (κ3) is 3.63. The van der Waals surface area contributed by atoms with E-state index in [4.69, 9.17) is 4.42 Å². The molecule has 7 heteroatoms. The summed E-state index contributed by atoms with van der Waals surface area (Å²) in [5, 5.41) is 18.0. The molecule has 24 heavy (non-hydrogen) atoms. The van der Waals surface area contributed by atoms with Crippen molar-refractivity contribution in [3.63, 3.8) is 0 Å². The molecule has 2 aromatic heterocycles. The number of aliphatic hydroxyl groups is 1. The molecule has 0 spiro atoms. The van der Waals surface area contributed by atoms with Gasteiger partial charge in [-0.25, -0.2) is 0 Å². The molecule has 2 heterocycles. The summed E-state index contributed by atoms with van der Waals surface area (Å²) in [7, 11) is 0. The topological polar surface area (TPSA) is 88.2 Å². The van der Waals surface area contributed by atoms with Crippen molar-refractivity contribution in [2.24, 2.45) is 0 Å². The van der Waals surface area contributed by atoms with Crippen LogP contribution >= 0.6 is 11.5 Å². The summed E-state index contributed by atoms with van der Waals surface area (Å²) in [6, 6.07) is 9.43. The van der Waals surface area contributed by atoms with Gasteiger partial charge in [0.25, 0.3) is 5.91 Å². The number of amides is 1. The van der Waals surface area contributed by atoms with Gasteiger partial charge in [0.2, 0.25) is 0 Å². The molecular formula is C17H19N3O3S. The molecule has 0 saturated carbocycles. The Morgan fingerprint density at radius 3 is 3.04 bits per heavy atom. The zero-order valence-corrected chi connectivity index (χ0v) is 14.2. The van der Waals surface area contributed by atoms with Gasteiger partial charge in [-0.1, -0.05) is 36.0 Å². The second-order valence-corrected chi connectivity index (χ2v) is 6.30. The lowest BCUT2D eigenvalue weighted by Gasteiger charge is -2.08. The van der Waals surface area contributed by atoms with E-state index in [0.717, 1.165) is 41.0 Å². The van der Waals surface area contributed by atoms with Crippen LogP contribution in [0.4, 0.5) is 0 Å². The van der Waals surface area contributed by atoms with Crippen molar-refractivity contribution < 1.29 is 14.3 Å². The number of para-hydroxylation sites is 1. The van der Waals surface area contributed by atoms with E-state index in [-0.39, 0.29) is 5.91 Å². The Labute approximate surface area is 143 Å². The van der Waals surface area contributed by atoms with Crippen molar-refractivity contribution in [3.8, 4) is 0 Å². The van der Waals surface area contributed by atoms with E-state index < -0.39 is 6.10 Å². The predicted octanol–water partition coefficient (Wildman–Crippen LogP) is 3.09. The van der Waals surface area contributed by atoms with Gasteiger partial charge in [0.05, 0.1) is 5.69 Å². The van der Waals surface area contributed by atoms with E-state index in [2.05, 4.69) is 14.9 Å². The molecule has 0 aliphatic heterocycles. The molecule has 1 atom stereocenters. The van der Waals surface area contributed by atoms with Crippen LogP contribution in [0.1, 0.15) is 47.0 Å². The van der Waals surface area contributed by atoms with Crippen molar-refractivity contribution in [1.29, 1.82) is 0 Å². The van der Waals surface area contributed by atoms with Crippen molar-refractivity contribution >= 4 is 28.4 Å². The highest BCUT2D eigenvalue weighted by Gasteiger charge is 2.17. The highest BCUT2D eigenvalue weighted by Crippen LogP contribution is 2.25. The number of aliphatic hydroxyl groups excluding tert-OH is 1. The van der Waals surface area contributed by atoms with Crippen LogP contribution in [0.3, 0.4) is 0 Å². The Morgan fingerprint density at radius 2 is 2.25 bits per heavy atom. The largest absolute Gasteiger partial charge is 0.458 e. The van der Waals surface area contributed by atoms with Crippen LogP contribution in [0.15, 0.2) is 34.7 Å². The van der Waals surface area contributed by atoms with E-state index >= 15 is 0 Å². The van der Waals surface area contributed by atoms with E-state index in [9.17, 15) is 9.90 Å². The number of carbonyl (C=O) groups excluding carboxylic acids is 1. The fraction of sp³-hybridized carbons (Fsp3) is 0.353. The number of hydrogen-bond donors (Lipinski definition) is 2. The molecule has 0 saturated heterocycles. The maximum Gasteiger partial charge on any atom is 0.264 e. The van der Waals surface area contributed by atoms with Crippen molar-refractivity contribution in [1.82, 2.24) is 14.9 Å². The number of nitrogens with one attached hydrogen (secondary N) is 1. The lowest BCUT2D eigenvalue weighted by atomic mass is 10.2. The summed E-state index contributed by atoms with van der Waals surface area (Å²) in [6.45, 7) is 2.38. The van der Waals surface area contributed by atoms with Crippen LogP contribution in [0.25, 0.3) is 11.0 Å². The van der Waals surface area contributed by atoms with Gasteiger partial charge in [0.1, 0.15) is 22.3 Å². The second kappa shape index (κ2) is 7.55. The standard InChI is InChI=1S/C17H19N3O3S/c1-2-5-12-16(24-20-19-12)17(22)18-9-8-13(21)15-10-11-6-3-4-7-14(11)23-15/h3-4,6-7,10,13,21H,2,5,8-9H2,1H3,(H,18,22). The number of fused-ring (bicyclic) bond motifs is 1. The fourth-order valence-electron chi connectivity index (χ4n) is 2.49. The van der Waals surface area contributed by atoms with E-state index in [0.29, 0.717) is 23.6 Å². The van der Waals surface area contributed by atoms with Crippen LogP contribution in [-0.2, 0) is 6.42 Å². The molecule has 1 amide bonds. The zero-order chi connectivity index (χ0) is 16.9. The first-order chi connectivity index (χ1) is 11.7. The Hall–Kier alpha value is -2.25. The average Bonchev–Trinajstić information content (AvgIpc) is 3.21. The van der Waals surface area contributed by atoms with Crippen LogP contribution in [-0.4, -0.2) is 27.1 Å². The summed E-state index contributed by atoms with van der Waals surface area (Å²) in [6.07, 6.45) is 1.27. The van der Waals surface area contributed by atoms with Gasteiger partial charge in [-0.3, -0.25) is 4.79 Å². The van der Waals surface area contributed by atoms with Gasteiger partial charge >= 0.3 is 0 Å². The molecule has 1 unspecified atom stereocenters. The summed E-state index contributed by atoms with van der Waals surface area (Å²) in [5.74, 6) is 0.321. The van der Waals surface area contributed by atoms with Gasteiger partial charge in [-0.05, 0) is 36.5 Å². The van der Waals surface area contributed by atoms with Gasteiger partial charge < -0.3 is 14.8 Å². The molecule has 3 aromatic rings. The summed E-state index contributed by atoms with van der Waals surface area (Å²) in [5.41, 5.74) is 1.48. The molecule has 0 fully saturated rings. The van der Waals surface area contributed by atoms with Crippen molar-refractivity contribution in [3.05, 3.63) is 46.7 Å². The first-order valence-corrected chi connectivity index (χ1v) is 8.72. The second-order valence-electron chi connectivity index (χ2n) is 5.55. The van der Waals surface area contributed by atoms with Crippen LogP contribution in [0.5, 0.6) is 0 Å². The number of aryl methyl sites for hydroxylation is 1. The molecule has 0 bridgehead atoms. The van der Waals surface area contributed by atoms with Gasteiger partial charge in [-0.15, -0.1) is 5.10 Å². The molecule has 1 aromatic carbocycles. The minimum atomic E-state index is -0.757. The van der Waals surface area contributed by atoms with Gasteiger partial charge in [0.15, 0.2) is 0 Å². The van der Waals surface area contributed by atoms with Crippen molar-refractivity contribution in [2.75, 3.05) is 6.54 Å². The van der Waals surface area contributed by atoms with E-state index in [1.807, 2.05) is 37.3 Å². The Bertz CT molecular complexity index is 794. The predicted molar refractivity (Wildman–Crippen MR) is 92.0 cm³/mol. The number of benzene rings is 1. The smallest absolute Gasteiger partial charge is 0.264 e. The molecular weight excluding hydrogens is 326 g/mol. The van der Waals surface area contributed by atoms with Gasteiger partial charge in [-0.2, -0.15) is 0 Å². The summed E-state index contributed by atoms with van der Waals surface area (Å²) < 4.78 is 9.47. The first kappa shape index (κ1) is 16.6. The Kier molecular flexibility index (Phi) is 5.22. The maximum absolute atomic E-state index is 12.2. The molecule has 126 valence electrons. The lowest BCUT2D eigenvalue weighted by Crippen LogP contribution is -2.25. The minimum Gasteiger partial charge on any atom is -0.458 e. The van der Waals surface area contributed by atoms with Crippen LogP contribution < -0.4 is 5.32 Å². The van der Waals surface area contributed by atoms with Crippen molar-refractivity contribution in [2.45, 2.75) is 32.3 Å². The number of furan rings is 1. The molecule has 6 nitrogen and oxygen atoms in total. The highest BCUT2D eigenvalue weighted by molar-refractivity contribution is 7.08. The van der Waals surface area contributed by atoms with Crippen LogP contribution in [0.2, 0.25) is 0 Å². The summed E-state index contributed by atoms with van der Waals surface area (Å²) >= 11 is 1.10. The molecule has 0 radical (unpaired) electrons. The normalized spacial score (nSPS) is 12.4. The SMILES string of the molecule is CCCc1nnsc1C(=O)NCCC(O)c1cc2ccccc2o1. The highest BCUT2D eigenvalue weighted by atomic mass is 32.1. The first-order valence-electron chi connectivity index (χ1n) is 7.95. The monoisotopic (exact) mass is 345 g/mol. The maximum atomic E-state index is 12.2. The zero-order valence-electron chi connectivity index (χ0n) is 13.4. The number of nitrogens with zero attached hydrogens (tertiary/aromatic N) is 2. The molecule has 0 aliphatic rings. The summed E-state index contributed by atoms with van der Waals surface area (Å²) in [4.78, 5) is 12.7. The average molecular weight is 345 g/mol. The van der Waals surface area contributed by atoms with Crippen LogP contribution in [0, 0.1) is 0 Å².